The molecule has 2 nitrogen and oxygen atoms in total. The zero-order valence-electron chi connectivity index (χ0n) is 6.73. The van der Waals surface area contributed by atoms with Crippen molar-refractivity contribution in [1.29, 1.82) is 0 Å². The van der Waals surface area contributed by atoms with E-state index in [0.717, 1.165) is 0 Å². The van der Waals surface area contributed by atoms with Gasteiger partial charge < -0.3 is 0 Å². The first kappa shape index (κ1) is 9.48. The Kier molecular flexibility index (Phi) is 3.05. The molecule has 4 heteroatoms. The van der Waals surface area contributed by atoms with Crippen LogP contribution < -0.4 is 0 Å². The predicted molar refractivity (Wildman–Crippen MR) is 51.2 cm³/mol. The highest BCUT2D eigenvalue weighted by Gasteiger charge is 2.12. The van der Waals surface area contributed by atoms with Crippen molar-refractivity contribution in [1.82, 2.24) is 0 Å². The van der Waals surface area contributed by atoms with Gasteiger partial charge in [-0.3, -0.25) is 0 Å². The molecule has 66 valence electrons. The van der Waals surface area contributed by atoms with E-state index in [1.165, 1.54) is 11.3 Å². The number of sulfone groups is 1. The number of thiophene rings is 1. The third kappa shape index (κ3) is 2.19. The second-order valence-corrected chi connectivity index (χ2v) is 5.49. The first-order valence-electron chi connectivity index (χ1n) is 3.54. The average molecular weight is 202 g/mol. The molecule has 1 rings (SSSR count). The molecular formula is C8H10O2S2. The van der Waals surface area contributed by atoms with E-state index in [9.17, 15) is 8.42 Å². The Bertz CT molecular complexity index is 346. The van der Waals surface area contributed by atoms with Crippen LogP contribution in [-0.4, -0.2) is 14.2 Å². The van der Waals surface area contributed by atoms with Gasteiger partial charge in [-0.15, -0.1) is 11.3 Å². The summed E-state index contributed by atoms with van der Waals surface area (Å²) in [5.41, 5.74) is 0. The van der Waals surface area contributed by atoms with Crippen molar-refractivity contribution < 1.29 is 8.42 Å². The van der Waals surface area contributed by atoms with E-state index in [1.807, 2.05) is 6.92 Å². The molecule has 0 radical (unpaired) electrons. The Hall–Kier alpha value is -0.610. The van der Waals surface area contributed by atoms with Crippen molar-refractivity contribution in [2.45, 2.75) is 11.1 Å². The van der Waals surface area contributed by atoms with Gasteiger partial charge in [0.1, 0.15) is 4.21 Å². The van der Waals surface area contributed by atoms with Gasteiger partial charge in [0.15, 0.2) is 9.84 Å². The van der Waals surface area contributed by atoms with Gasteiger partial charge in [0.25, 0.3) is 0 Å². The van der Waals surface area contributed by atoms with Crippen molar-refractivity contribution in [3.8, 4) is 0 Å². The lowest BCUT2D eigenvalue weighted by Crippen LogP contribution is -2.01. The smallest absolute Gasteiger partial charge is 0.191 e. The molecule has 0 atom stereocenters. The SMILES string of the molecule is CC=CCS(=O)(=O)c1cccs1. The summed E-state index contributed by atoms with van der Waals surface area (Å²) < 4.78 is 23.3. The van der Waals surface area contributed by atoms with Gasteiger partial charge in [0, 0.05) is 0 Å². The van der Waals surface area contributed by atoms with Crippen molar-refractivity contribution >= 4 is 21.2 Å². The summed E-state index contributed by atoms with van der Waals surface area (Å²) in [6.07, 6.45) is 3.39. The molecule has 0 aromatic carbocycles. The van der Waals surface area contributed by atoms with E-state index in [2.05, 4.69) is 0 Å². The highest BCUT2D eigenvalue weighted by molar-refractivity contribution is 7.93. The van der Waals surface area contributed by atoms with E-state index in [0.29, 0.717) is 4.21 Å². The third-order valence-corrected chi connectivity index (χ3v) is 4.45. The minimum Gasteiger partial charge on any atom is -0.223 e. The van der Waals surface area contributed by atoms with Crippen LogP contribution >= 0.6 is 11.3 Å². The van der Waals surface area contributed by atoms with Gasteiger partial charge in [-0.05, 0) is 18.4 Å². The van der Waals surface area contributed by atoms with Crippen LogP contribution in [0, 0.1) is 0 Å². The van der Waals surface area contributed by atoms with Crippen molar-refractivity contribution in [3.63, 3.8) is 0 Å². The van der Waals surface area contributed by atoms with Crippen LogP contribution in [0.25, 0.3) is 0 Å². The molecule has 0 spiro atoms. The summed E-state index contributed by atoms with van der Waals surface area (Å²) >= 11 is 1.26. The average Bonchev–Trinajstić information content (AvgIpc) is 2.53. The van der Waals surface area contributed by atoms with E-state index < -0.39 is 9.84 Å². The molecule has 1 aromatic heterocycles. The van der Waals surface area contributed by atoms with Crippen molar-refractivity contribution in [2.24, 2.45) is 0 Å². The first-order valence-corrected chi connectivity index (χ1v) is 6.07. The summed E-state index contributed by atoms with van der Waals surface area (Å²) in [7, 11) is -3.05. The van der Waals surface area contributed by atoms with Gasteiger partial charge in [0.05, 0.1) is 5.75 Å². The lowest BCUT2D eigenvalue weighted by atomic mass is 10.6. The maximum absolute atomic E-state index is 11.4. The molecule has 1 heterocycles. The molecule has 0 bridgehead atoms. The fourth-order valence-electron chi connectivity index (χ4n) is 0.745. The van der Waals surface area contributed by atoms with Crippen LogP contribution in [0.15, 0.2) is 33.9 Å². The lowest BCUT2D eigenvalue weighted by molar-refractivity contribution is 0.601. The molecule has 0 aliphatic carbocycles. The monoisotopic (exact) mass is 202 g/mol. The molecule has 0 saturated heterocycles. The van der Waals surface area contributed by atoms with Crippen LogP contribution in [-0.2, 0) is 9.84 Å². The van der Waals surface area contributed by atoms with Crippen LogP contribution in [0.4, 0.5) is 0 Å². The summed E-state index contributed by atoms with van der Waals surface area (Å²) in [4.78, 5) is 0. The fourth-order valence-corrected chi connectivity index (χ4v) is 3.05. The molecule has 0 N–H and O–H groups in total. The topological polar surface area (TPSA) is 34.1 Å². The van der Waals surface area contributed by atoms with Crippen molar-refractivity contribution in [2.75, 3.05) is 5.75 Å². The highest BCUT2D eigenvalue weighted by atomic mass is 32.2. The van der Waals surface area contributed by atoms with E-state index in [1.54, 1.807) is 29.7 Å². The second-order valence-electron chi connectivity index (χ2n) is 2.28. The molecule has 0 unspecified atom stereocenters. The number of rotatable bonds is 3. The zero-order chi connectivity index (χ0) is 9.03. The van der Waals surface area contributed by atoms with Gasteiger partial charge in [-0.2, -0.15) is 0 Å². The molecule has 0 aliphatic rings. The highest BCUT2D eigenvalue weighted by Crippen LogP contribution is 2.17. The molecule has 0 aliphatic heterocycles. The number of allylic oxidation sites excluding steroid dienone is 1. The molecule has 0 amide bonds. The minimum atomic E-state index is -3.05. The molecule has 1 aromatic rings. The Balaban J connectivity index is 2.88. The van der Waals surface area contributed by atoms with Crippen molar-refractivity contribution in [3.05, 3.63) is 29.7 Å². The van der Waals surface area contributed by atoms with Gasteiger partial charge >= 0.3 is 0 Å². The van der Waals surface area contributed by atoms with Crippen LogP contribution in [0.3, 0.4) is 0 Å². The quantitative estimate of drug-likeness (QED) is 0.703. The lowest BCUT2D eigenvalue weighted by Gasteiger charge is -1.94. The Morgan fingerprint density at radius 3 is 2.83 bits per heavy atom. The normalized spacial score (nSPS) is 12.4. The standard InChI is InChI=1S/C8H10O2S2/c1-2-3-7-12(9,10)8-5-4-6-11-8/h2-6H,7H2,1H3. The van der Waals surface area contributed by atoms with E-state index in [4.69, 9.17) is 0 Å². The molecule has 0 fully saturated rings. The number of hydrogen-bond acceptors (Lipinski definition) is 3. The Morgan fingerprint density at radius 1 is 1.58 bits per heavy atom. The van der Waals surface area contributed by atoms with Gasteiger partial charge in [-0.25, -0.2) is 8.42 Å². The van der Waals surface area contributed by atoms with Gasteiger partial charge in [-0.1, -0.05) is 18.2 Å². The Labute approximate surface area is 76.5 Å². The first-order chi connectivity index (χ1) is 5.67. The number of hydrogen-bond donors (Lipinski definition) is 0. The van der Waals surface area contributed by atoms with Gasteiger partial charge in [0.2, 0.25) is 0 Å². The Morgan fingerprint density at radius 2 is 2.33 bits per heavy atom. The molecule has 12 heavy (non-hydrogen) atoms. The summed E-state index contributed by atoms with van der Waals surface area (Å²) in [6.45, 7) is 1.81. The second kappa shape index (κ2) is 3.87. The van der Waals surface area contributed by atoms with E-state index >= 15 is 0 Å². The molecule has 0 saturated carbocycles. The largest absolute Gasteiger partial charge is 0.223 e. The summed E-state index contributed by atoms with van der Waals surface area (Å²) in [5.74, 6) is 0.101. The maximum atomic E-state index is 11.4. The maximum Gasteiger partial charge on any atom is 0.191 e. The summed E-state index contributed by atoms with van der Waals surface area (Å²) in [5, 5.41) is 1.77. The minimum absolute atomic E-state index is 0.101. The van der Waals surface area contributed by atoms with Crippen LogP contribution in [0.5, 0.6) is 0 Å². The molecular weight excluding hydrogens is 192 g/mol. The zero-order valence-corrected chi connectivity index (χ0v) is 8.36. The van der Waals surface area contributed by atoms with E-state index in [-0.39, 0.29) is 5.75 Å². The third-order valence-electron chi connectivity index (χ3n) is 1.35. The van der Waals surface area contributed by atoms with Crippen LogP contribution in [0.2, 0.25) is 0 Å². The predicted octanol–water partition coefficient (Wildman–Crippen LogP) is 2.10. The van der Waals surface area contributed by atoms with Crippen LogP contribution in [0.1, 0.15) is 6.92 Å². The summed E-state index contributed by atoms with van der Waals surface area (Å²) in [6, 6.07) is 3.37. The fraction of sp³-hybridized carbons (Fsp3) is 0.250.